The van der Waals surface area contributed by atoms with Gasteiger partial charge in [-0.05, 0) is 31.1 Å². The number of fused-ring (bicyclic) bond motifs is 3. The summed E-state index contributed by atoms with van der Waals surface area (Å²) < 4.78 is 6.50. The molecule has 0 aliphatic carbocycles. The molecule has 5 heteroatoms. The summed E-state index contributed by atoms with van der Waals surface area (Å²) in [5, 5.41) is 11.8. The molecule has 3 aliphatic rings. The van der Waals surface area contributed by atoms with Crippen LogP contribution in [0.25, 0.3) is 0 Å². The highest BCUT2D eigenvalue weighted by Gasteiger charge is 2.72. The summed E-state index contributed by atoms with van der Waals surface area (Å²) in [5.41, 5.74) is -0.523. The number of aliphatic hydroxyl groups is 1. The lowest BCUT2D eigenvalue weighted by Crippen LogP contribution is -2.67. The number of rotatable bonds is 3. The highest BCUT2D eigenvalue weighted by molar-refractivity contribution is 5.90. The molecule has 0 aromatic heterocycles. The van der Waals surface area contributed by atoms with Crippen molar-refractivity contribution in [2.45, 2.75) is 91.3 Å². The van der Waals surface area contributed by atoms with Crippen LogP contribution in [-0.2, 0) is 9.53 Å². The molecule has 0 saturated carbocycles. The van der Waals surface area contributed by atoms with Crippen LogP contribution in [0.4, 0.5) is 0 Å². The van der Waals surface area contributed by atoms with Crippen LogP contribution in [0.5, 0.6) is 0 Å². The Morgan fingerprint density at radius 1 is 1.31 bits per heavy atom. The van der Waals surface area contributed by atoms with E-state index in [4.69, 9.17) is 4.74 Å². The molecule has 1 N–H and O–H groups in total. The lowest BCUT2D eigenvalue weighted by molar-refractivity contribution is -0.330. The minimum atomic E-state index is -1.58. The van der Waals surface area contributed by atoms with Gasteiger partial charge in [-0.2, -0.15) is 0 Å². The van der Waals surface area contributed by atoms with Crippen molar-refractivity contribution in [3.05, 3.63) is 12.3 Å². The summed E-state index contributed by atoms with van der Waals surface area (Å²) in [4.78, 5) is 17.7. The molecule has 5 nitrogen and oxygen atoms in total. The normalized spacial score (nSPS) is 37.8. The third-order valence-electron chi connectivity index (χ3n) is 6.57. The largest absolute Gasteiger partial charge is 0.363 e. The predicted octanol–water partition coefficient (Wildman–Crippen LogP) is 3.34. The van der Waals surface area contributed by atoms with Gasteiger partial charge in [0.15, 0.2) is 5.60 Å². The Labute approximate surface area is 158 Å². The van der Waals surface area contributed by atoms with Crippen molar-refractivity contribution >= 4 is 5.91 Å². The maximum Gasteiger partial charge on any atom is 0.274 e. The molecule has 0 aromatic carbocycles. The number of carbonyl (C=O) groups excluding carboxylic acids is 1. The van der Waals surface area contributed by atoms with Gasteiger partial charge in [-0.3, -0.25) is 9.69 Å². The molecular weight excluding hydrogens is 328 g/mol. The smallest absolute Gasteiger partial charge is 0.274 e. The Bertz CT molecular complexity index is 609. The van der Waals surface area contributed by atoms with E-state index in [1.54, 1.807) is 4.90 Å². The fourth-order valence-electron chi connectivity index (χ4n) is 5.48. The van der Waals surface area contributed by atoms with E-state index in [2.05, 4.69) is 25.3 Å². The summed E-state index contributed by atoms with van der Waals surface area (Å²) in [6, 6.07) is -0.449. The van der Waals surface area contributed by atoms with Crippen LogP contribution in [0, 0.1) is 17.3 Å². The molecule has 3 aliphatic heterocycles. The van der Waals surface area contributed by atoms with Crippen LogP contribution in [0.1, 0.15) is 67.7 Å². The van der Waals surface area contributed by atoms with Gasteiger partial charge in [0.1, 0.15) is 6.04 Å². The molecule has 0 spiro atoms. The van der Waals surface area contributed by atoms with Gasteiger partial charge in [-0.25, -0.2) is 0 Å². The molecule has 3 heterocycles. The summed E-state index contributed by atoms with van der Waals surface area (Å²) in [6.45, 7) is 19.6. The van der Waals surface area contributed by atoms with Crippen molar-refractivity contribution in [2.24, 2.45) is 17.3 Å². The Balaban J connectivity index is 2.17. The van der Waals surface area contributed by atoms with Gasteiger partial charge in [0, 0.05) is 17.7 Å². The van der Waals surface area contributed by atoms with Crippen molar-refractivity contribution in [3.63, 3.8) is 0 Å². The van der Waals surface area contributed by atoms with E-state index in [1.165, 1.54) is 0 Å². The van der Waals surface area contributed by atoms with Crippen LogP contribution in [0.3, 0.4) is 0 Å². The average molecular weight is 365 g/mol. The molecule has 0 radical (unpaired) electrons. The van der Waals surface area contributed by atoms with Crippen molar-refractivity contribution in [1.82, 2.24) is 9.80 Å². The maximum absolute atomic E-state index is 13.9. The first-order chi connectivity index (χ1) is 11.9. The van der Waals surface area contributed by atoms with Crippen molar-refractivity contribution in [1.29, 1.82) is 0 Å². The monoisotopic (exact) mass is 364 g/mol. The van der Waals surface area contributed by atoms with Crippen LogP contribution >= 0.6 is 0 Å². The molecule has 4 atom stereocenters. The third-order valence-corrected chi connectivity index (χ3v) is 6.57. The van der Waals surface area contributed by atoms with E-state index in [0.29, 0.717) is 5.92 Å². The SMILES string of the molecule is C=C1C(CC(C)C)N2C(=O)C(C(C)C)(C(C)(C)C)OC2(O)C2CCCN12. The van der Waals surface area contributed by atoms with Crippen molar-refractivity contribution < 1.29 is 14.6 Å². The van der Waals surface area contributed by atoms with Gasteiger partial charge < -0.3 is 14.7 Å². The van der Waals surface area contributed by atoms with Gasteiger partial charge >= 0.3 is 0 Å². The Hall–Kier alpha value is -1.07. The number of carbonyl (C=O) groups is 1. The van der Waals surface area contributed by atoms with Gasteiger partial charge in [0.2, 0.25) is 0 Å². The summed E-state index contributed by atoms with van der Waals surface area (Å²) in [5.74, 6) is -1.32. The molecule has 3 saturated heterocycles. The van der Waals surface area contributed by atoms with Gasteiger partial charge in [-0.1, -0.05) is 55.0 Å². The van der Waals surface area contributed by atoms with Crippen LogP contribution in [-0.4, -0.2) is 51.0 Å². The molecule has 0 aromatic rings. The summed E-state index contributed by atoms with van der Waals surface area (Å²) >= 11 is 0. The van der Waals surface area contributed by atoms with Gasteiger partial charge in [-0.15, -0.1) is 0 Å². The zero-order chi connectivity index (χ0) is 19.7. The summed E-state index contributed by atoms with van der Waals surface area (Å²) in [7, 11) is 0. The number of hydrogen-bond donors (Lipinski definition) is 1. The first-order valence-electron chi connectivity index (χ1n) is 10.1. The first-order valence-corrected chi connectivity index (χ1v) is 10.1. The van der Waals surface area contributed by atoms with E-state index in [9.17, 15) is 9.90 Å². The van der Waals surface area contributed by atoms with Crippen molar-refractivity contribution in [2.75, 3.05) is 6.54 Å². The number of hydrogen-bond acceptors (Lipinski definition) is 4. The molecule has 26 heavy (non-hydrogen) atoms. The number of ether oxygens (including phenoxy) is 1. The van der Waals surface area contributed by atoms with Crippen LogP contribution < -0.4 is 0 Å². The Morgan fingerprint density at radius 2 is 1.92 bits per heavy atom. The molecule has 1 amide bonds. The average Bonchev–Trinajstić information content (AvgIpc) is 3.06. The predicted molar refractivity (Wildman–Crippen MR) is 102 cm³/mol. The number of piperazine rings is 1. The highest BCUT2D eigenvalue weighted by Crippen LogP contribution is 2.55. The first kappa shape index (κ1) is 19.7. The van der Waals surface area contributed by atoms with Crippen molar-refractivity contribution in [3.8, 4) is 0 Å². The standard InChI is InChI=1S/C21H36N2O3/c1-13(2)12-16-15(5)22-11-9-10-17(22)21(25)23(16)18(24)20(26-21,14(3)4)19(6,7)8/h13-14,16-17,25H,5,9-12H2,1-4,6-8H3. The topological polar surface area (TPSA) is 53.0 Å². The van der Waals surface area contributed by atoms with Gasteiger partial charge in [0.05, 0.1) is 6.04 Å². The molecule has 4 unspecified atom stereocenters. The summed E-state index contributed by atoms with van der Waals surface area (Å²) in [6.07, 6.45) is 2.57. The van der Waals surface area contributed by atoms with E-state index in [-0.39, 0.29) is 23.9 Å². The lowest BCUT2D eigenvalue weighted by Gasteiger charge is -2.52. The quantitative estimate of drug-likeness (QED) is 0.834. The highest BCUT2D eigenvalue weighted by atomic mass is 16.7. The van der Waals surface area contributed by atoms with E-state index in [1.807, 2.05) is 34.6 Å². The second-order valence-corrected chi connectivity index (χ2v) is 10.1. The second-order valence-electron chi connectivity index (χ2n) is 10.1. The fourth-order valence-corrected chi connectivity index (χ4v) is 5.48. The maximum atomic E-state index is 13.9. The Morgan fingerprint density at radius 3 is 2.42 bits per heavy atom. The zero-order valence-corrected chi connectivity index (χ0v) is 17.5. The third kappa shape index (κ3) is 2.39. The molecule has 0 bridgehead atoms. The lowest BCUT2D eigenvalue weighted by atomic mass is 9.69. The molecule has 148 valence electrons. The minimum Gasteiger partial charge on any atom is -0.363 e. The zero-order valence-electron chi connectivity index (χ0n) is 17.5. The molecule has 3 rings (SSSR count). The van der Waals surface area contributed by atoms with Gasteiger partial charge in [0.25, 0.3) is 11.8 Å². The van der Waals surface area contributed by atoms with Crippen LogP contribution in [0.15, 0.2) is 12.3 Å². The second kappa shape index (κ2) is 5.96. The molecular formula is C21H36N2O3. The minimum absolute atomic E-state index is 0.0487. The van der Waals surface area contributed by atoms with Crippen LogP contribution in [0.2, 0.25) is 0 Å². The van der Waals surface area contributed by atoms with E-state index >= 15 is 0 Å². The molecule has 3 fully saturated rings. The fraction of sp³-hybridized carbons (Fsp3) is 0.857. The Kier molecular flexibility index (Phi) is 4.52. The number of amides is 1. The van der Waals surface area contributed by atoms with E-state index < -0.39 is 16.9 Å². The van der Waals surface area contributed by atoms with E-state index in [0.717, 1.165) is 31.5 Å². The number of nitrogens with zero attached hydrogens (tertiary/aromatic N) is 2.